The highest BCUT2D eigenvalue weighted by atomic mass is 79.9. The van der Waals surface area contributed by atoms with Crippen LogP contribution in [0.1, 0.15) is 118 Å². The number of fused-ring (bicyclic) bond motifs is 2. The van der Waals surface area contributed by atoms with E-state index in [1.54, 1.807) is 67.5 Å². The van der Waals surface area contributed by atoms with E-state index in [4.69, 9.17) is 39.3 Å². The topological polar surface area (TPSA) is 254 Å². The molecule has 2 aliphatic rings. The van der Waals surface area contributed by atoms with Gasteiger partial charge in [0.1, 0.15) is 60.4 Å². The van der Waals surface area contributed by atoms with Gasteiger partial charge in [0.25, 0.3) is 0 Å². The SMILES string of the molecule is CC(C)(C)OC(=O)OCCOc1nc(C2CC2)nc2ccc(Br)cc12.CC(C)(C)OC(=O)OCCOc1nc(C2CC2)nc2ccc(NC(C)(C)C(=O)O)cc12.CC(C)(N)C(=O)O. The van der Waals surface area contributed by atoms with E-state index < -0.39 is 46.5 Å². The third kappa shape index (κ3) is 16.9. The molecule has 2 aromatic heterocycles. The number of carboxylic acid groups (broad SMARTS) is 2. The molecule has 6 rings (SSSR count). The average Bonchev–Trinajstić information content (AvgIpc) is 4.08. The lowest BCUT2D eigenvalue weighted by Gasteiger charge is -2.22. The summed E-state index contributed by atoms with van der Waals surface area (Å²) in [5.41, 5.74) is 3.80. The first-order valence-electron chi connectivity index (χ1n) is 20.5. The number of halogens is 1. The van der Waals surface area contributed by atoms with E-state index in [0.29, 0.717) is 40.2 Å². The van der Waals surface area contributed by atoms with Crippen LogP contribution in [0.5, 0.6) is 11.8 Å². The Morgan fingerprint density at radius 2 is 1.06 bits per heavy atom. The van der Waals surface area contributed by atoms with Crippen molar-refractivity contribution in [2.75, 3.05) is 31.7 Å². The maximum atomic E-state index is 11.7. The molecule has 4 aromatic rings. The summed E-state index contributed by atoms with van der Waals surface area (Å²) in [6.07, 6.45) is 2.85. The molecule has 344 valence electrons. The molecule has 0 radical (unpaired) electrons. The molecule has 19 heteroatoms. The van der Waals surface area contributed by atoms with Crippen LogP contribution in [-0.2, 0) is 28.5 Å². The fourth-order valence-corrected chi connectivity index (χ4v) is 5.41. The van der Waals surface area contributed by atoms with Gasteiger partial charge in [-0.25, -0.2) is 24.4 Å². The van der Waals surface area contributed by atoms with Crippen LogP contribution < -0.4 is 20.5 Å². The van der Waals surface area contributed by atoms with Gasteiger partial charge in [0.05, 0.1) is 21.8 Å². The number of benzene rings is 2. The van der Waals surface area contributed by atoms with E-state index in [2.05, 4.69) is 41.2 Å². The second-order valence-corrected chi connectivity index (χ2v) is 19.0. The standard InChI is InChI=1S/C22H29N3O6.C18H21BrN2O4.C4H9NO2/c1-21(2,3)31-20(28)30-11-10-29-18-15-12-14(25-22(4,5)19(26)27)8-9-16(15)23-17(24-18)13-6-7-13;1-18(2,3)25-17(22)24-9-8-23-16-13-10-12(19)6-7-14(13)20-15(21-16)11-4-5-11;1-4(2,5)3(6)7/h8-9,12-13,25H,6-7,10-11H2,1-5H3,(H,26,27);6-7,10-11H,4-5,8-9H2,1-3H3;5H2,1-2H3,(H,6,7). The number of carbonyl (C=O) groups excluding carboxylic acids is 2. The number of nitrogens with two attached hydrogens (primary N) is 1. The summed E-state index contributed by atoms with van der Waals surface area (Å²) in [5.74, 6) is 1.23. The second kappa shape index (κ2) is 20.7. The van der Waals surface area contributed by atoms with Gasteiger partial charge in [-0.05, 0) is 131 Å². The van der Waals surface area contributed by atoms with Crippen molar-refractivity contribution in [3.05, 3.63) is 52.5 Å². The van der Waals surface area contributed by atoms with Crippen molar-refractivity contribution in [2.45, 2.75) is 129 Å². The number of carboxylic acids is 2. The predicted octanol–water partition coefficient (Wildman–Crippen LogP) is 8.52. The molecule has 0 unspecified atom stereocenters. The first-order chi connectivity index (χ1) is 29.2. The minimum atomic E-state index is -1.15. The van der Waals surface area contributed by atoms with Gasteiger partial charge < -0.3 is 49.7 Å². The Balaban J connectivity index is 0.000000244. The fourth-order valence-electron chi connectivity index (χ4n) is 5.05. The first kappa shape index (κ1) is 50.1. The second-order valence-electron chi connectivity index (χ2n) is 18.1. The fraction of sp³-hybridized carbons (Fsp3) is 0.545. The van der Waals surface area contributed by atoms with Gasteiger partial charge in [-0.2, -0.15) is 9.97 Å². The van der Waals surface area contributed by atoms with Crippen molar-refractivity contribution in [1.82, 2.24) is 19.9 Å². The molecule has 0 aliphatic heterocycles. The summed E-state index contributed by atoms with van der Waals surface area (Å²) in [5, 5.41) is 22.0. The number of hydrogen-bond acceptors (Lipinski definition) is 16. The van der Waals surface area contributed by atoms with Gasteiger partial charge in [0, 0.05) is 22.0 Å². The molecule has 2 aliphatic carbocycles. The summed E-state index contributed by atoms with van der Waals surface area (Å²) in [7, 11) is 0. The zero-order valence-corrected chi connectivity index (χ0v) is 39.1. The highest BCUT2D eigenvalue weighted by Crippen LogP contribution is 2.41. The Morgan fingerprint density at radius 3 is 1.44 bits per heavy atom. The first-order valence-corrected chi connectivity index (χ1v) is 21.3. The lowest BCUT2D eigenvalue weighted by Crippen LogP contribution is -2.41. The van der Waals surface area contributed by atoms with Gasteiger partial charge in [-0.3, -0.25) is 4.79 Å². The van der Waals surface area contributed by atoms with Gasteiger partial charge in [-0.1, -0.05) is 15.9 Å². The summed E-state index contributed by atoms with van der Waals surface area (Å²) in [6, 6.07) is 11.2. The lowest BCUT2D eigenvalue weighted by atomic mass is 10.1. The molecule has 18 nitrogen and oxygen atoms in total. The highest BCUT2D eigenvalue weighted by molar-refractivity contribution is 9.10. The van der Waals surface area contributed by atoms with Crippen molar-refractivity contribution < 1.29 is 57.8 Å². The van der Waals surface area contributed by atoms with Crippen LogP contribution in [0, 0.1) is 0 Å². The number of carbonyl (C=O) groups is 4. The molecule has 5 N–H and O–H groups in total. The Labute approximate surface area is 375 Å². The molecule has 2 aromatic carbocycles. The van der Waals surface area contributed by atoms with Crippen molar-refractivity contribution in [2.24, 2.45) is 5.73 Å². The van der Waals surface area contributed by atoms with E-state index in [1.165, 1.54) is 13.8 Å². The molecule has 2 fully saturated rings. The van der Waals surface area contributed by atoms with Crippen molar-refractivity contribution in [3.63, 3.8) is 0 Å². The molecular formula is C44H59BrN6O12. The van der Waals surface area contributed by atoms with E-state index in [0.717, 1.165) is 52.7 Å². The molecule has 2 saturated carbocycles. The number of rotatable bonds is 14. The molecule has 0 bridgehead atoms. The van der Waals surface area contributed by atoms with Gasteiger partial charge in [0.15, 0.2) is 0 Å². The van der Waals surface area contributed by atoms with Crippen molar-refractivity contribution >= 4 is 67.7 Å². The normalized spacial score (nSPS) is 14.0. The monoisotopic (exact) mass is 942 g/mol. The summed E-state index contributed by atoms with van der Waals surface area (Å²) >= 11 is 3.46. The summed E-state index contributed by atoms with van der Waals surface area (Å²) in [4.78, 5) is 62.9. The minimum absolute atomic E-state index is 0.00313. The van der Waals surface area contributed by atoms with E-state index in [9.17, 15) is 24.3 Å². The number of nitrogens with zero attached hydrogens (tertiary/aromatic N) is 4. The summed E-state index contributed by atoms with van der Waals surface area (Å²) < 4.78 is 32.8. The number of anilines is 1. The quantitative estimate of drug-likeness (QED) is 0.0682. The highest BCUT2D eigenvalue weighted by Gasteiger charge is 2.30. The number of aliphatic carboxylic acids is 2. The number of hydrogen-bond donors (Lipinski definition) is 4. The van der Waals surface area contributed by atoms with E-state index >= 15 is 0 Å². The maximum absolute atomic E-state index is 11.7. The molecular weight excluding hydrogens is 884 g/mol. The zero-order chi connectivity index (χ0) is 46.9. The van der Waals surface area contributed by atoms with Crippen molar-refractivity contribution in [1.29, 1.82) is 0 Å². The Hall–Kier alpha value is -5.56. The van der Waals surface area contributed by atoms with Gasteiger partial charge >= 0.3 is 24.2 Å². The van der Waals surface area contributed by atoms with Crippen LogP contribution in [0.15, 0.2) is 40.9 Å². The van der Waals surface area contributed by atoms with Crippen LogP contribution in [0.25, 0.3) is 21.8 Å². The largest absolute Gasteiger partial charge is 0.508 e. The van der Waals surface area contributed by atoms with E-state index in [1.807, 2.05) is 24.3 Å². The van der Waals surface area contributed by atoms with Crippen LogP contribution in [0.3, 0.4) is 0 Å². The average molecular weight is 944 g/mol. The Bertz CT molecular complexity index is 2260. The molecule has 2 heterocycles. The number of aromatic nitrogens is 4. The molecule has 0 saturated heterocycles. The van der Waals surface area contributed by atoms with Crippen LogP contribution in [-0.4, -0.2) is 103 Å². The van der Waals surface area contributed by atoms with Crippen LogP contribution in [0.4, 0.5) is 15.3 Å². The Kier molecular flexibility index (Phi) is 16.5. The lowest BCUT2D eigenvalue weighted by molar-refractivity contribution is -0.142. The number of nitrogens with one attached hydrogen (secondary N) is 1. The Morgan fingerprint density at radius 1 is 0.651 bits per heavy atom. The van der Waals surface area contributed by atoms with Crippen LogP contribution >= 0.6 is 15.9 Å². The third-order valence-corrected chi connectivity index (χ3v) is 9.10. The number of ether oxygens (including phenoxy) is 6. The molecule has 0 atom stereocenters. The summed E-state index contributed by atoms with van der Waals surface area (Å²) in [6.45, 7) is 17.1. The smallest absolute Gasteiger partial charge is 0.480 e. The van der Waals surface area contributed by atoms with Crippen LogP contribution in [0.2, 0.25) is 0 Å². The minimum Gasteiger partial charge on any atom is -0.480 e. The predicted molar refractivity (Wildman–Crippen MR) is 237 cm³/mol. The molecule has 0 amide bonds. The van der Waals surface area contributed by atoms with Gasteiger partial charge in [-0.15, -0.1) is 0 Å². The van der Waals surface area contributed by atoms with Gasteiger partial charge in [0.2, 0.25) is 11.8 Å². The third-order valence-electron chi connectivity index (χ3n) is 8.61. The molecule has 0 spiro atoms. The van der Waals surface area contributed by atoms with Crippen molar-refractivity contribution in [3.8, 4) is 11.8 Å². The zero-order valence-electron chi connectivity index (χ0n) is 37.5. The maximum Gasteiger partial charge on any atom is 0.508 e. The van der Waals surface area contributed by atoms with E-state index in [-0.39, 0.29) is 26.4 Å². The molecule has 63 heavy (non-hydrogen) atoms.